The highest BCUT2D eigenvalue weighted by molar-refractivity contribution is 5.10. The predicted octanol–water partition coefficient (Wildman–Crippen LogP) is 5.54. The van der Waals surface area contributed by atoms with Gasteiger partial charge in [0.05, 0.1) is 6.42 Å². The summed E-state index contributed by atoms with van der Waals surface area (Å²) in [6.07, 6.45) is -14.8. The Labute approximate surface area is 116 Å². The van der Waals surface area contributed by atoms with Gasteiger partial charge in [-0.2, -0.15) is 65.9 Å². The second-order valence-corrected chi connectivity index (χ2v) is 4.02. The van der Waals surface area contributed by atoms with Crippen LogP contribution in [0.15, 0.2) is 0 Å². The van der Waals surface area contributed by atoms with Gasteiger partial charge >= 0.3 is 42.2 Å². The number of hydrogen-bond donors (Lipinski definition) is 0. The van der Waals surface area contributed by atoms with Gasteiger partial charge in [-0.3, -0.25) is 0 Å². The normalized spacial score (nSPS) is 16.2. The van der Waals surface area contributed by atoms with Gasteiger partial charge in [0.25, 0.3) is 0 Å². The molecule has 0 saturated heterocycles. The van der Waals surface area contributed by atoms with Crippen LogP contribution in [-0.4, -0.2) is 35.8 Å². The zero-order chi connectivity index (χ0) is 19.3. The maximum atomic E-state index is 12.7. The first-order chi connectivity index (χ1) is 9.67. The molecule has 0 aliphatic rings. The van der Waals surface area contributed by atoms with E-state index in [4.69, 9.17) is 0 Å². The van der Waals surface area contributed by atoms with Gasteiger partial charge in [0, 0.05) is 0 Å². The van der Waals surface area contributed by atoms with Crippen LogP contribution < -0.4 is 0 Å². The second kappa shape index (κ2) is 5.50. The van der Waals surface area contributed by atoms with Crippen molar-refractivity contribution >= 4 is 0 Å². The highest BCUT2D eigenvalue weighted by Gasteiger charge is 2.90. The zero-order valence-corrected chi connectivity index (χ0v) is 9.88. The smallest absolute Gasteiger partial charge is 0.200 e. The van der Waals surface area contributed by atoms with Crippen molar-refractivity contribution in [3.8, 4) is 0 Å². The van der Waals surface area contributed by atoms with Gasteiger partial charge in [0.15, 0.2) is 0 Å². The standard InChI is InChI=1S/C8H2F15/c9-2(10)1-3(11,12)4(13,14)5(15,16)6(17,18)7(19,20)8(21,22)23/h1H2. The summed E-state index contributed by atoms with van der Waals surface area (Å²) >= 11 is 0. The average Bonchev–Trinajstić information content (AvgIpc) is 2.24. The minimum atomic E-state index is -8.07. The lowest BCUT2D eigenvalue weighted by Crippen LogP contribution is -2.70. The van der Waals surface area contributed by atoms with Crippen LogP contribution in [0.1, 0.15) is 6.42 Å². The number of rotatable bonds is 6. The minimum Gasteiger partial charge on any atom is -0.200 e. The molecule has 0 atom stereocenters. The Balaban J connectivity index is 6.14. The fraction of sp³-hybridized carbons (Fsp3) is 0.875. The molecule has 1 radical (unpaired) electrons. The summed E-state index contributed by atoms with van der Waals surface area (Å²) in [6.45, 7) is 0. The van der Waals surface area contributed by atoms with Crippen molar-refractivity contribution < 1.29 is 65.9 Å². The van der Waals surface area contributed by atoms with E-state index in [9.17, 15) is 65.9 Å². The summed E-state index contributed by atoms with van der Waals surface area (Å²) in [5.74, 6) is -38.4. The molecule has 0 unspecified atom stereocenters. The Bertz CT molecular complexity index is 416. The average molecular weight is 383 g/mol. The Morgan fingerprint density at radius 3 is 1.04 bits per heavy atom. The van der Waals surface area contributed by atoms with Crippen molar-refractivity contribution in [2.45, 2.75) is 42.2 Å². The molecule has 0 aromatic heterocycles. The number of halogens is 15. The highest BCUT2D eigenvalue weighted by Crippen LogP contribution is 2.61. The molecule has 0 aliphatic carbocycles. The van der Waals surface area contributed by atoms with Crippen molar-refractivity contribution in [3.63, 3.8) is 0 Å². The molecular formula is C8H2F15. The molecule has 0 aromatic rings. The van der Waals surface area contributed by atoms with Crippen molar-refractivity contribution in [2.24, 2.45) is 0 Å². The van der Waals surface area contributed by atoms with Gasteiger partial charge in [-0.1, -0.05) is 0 Å². The first-order valence-electron chi connectivity index (χ1n) is 4.79. The van der Waals surface area contributed by atoms with Crippen LogP contribution in [-0.2, 0) is 0 Å². The van der Waals surface area contributed by atoms with Crippen LogP contribution >= 0.6 is 0 Å². The van der Waals surface area contributed by atoms with E-state index in [1.54, 1.807) is 0 Å². The number of alkyl halides is 13. The molecule has 0 rings (SSSR count). The van der Waals surface area contributed by atoms with Crippen molar-refractivity contribution in [3.05, 3.63) is 6.43 Å². The largest absolute Gasteiger partial charge is 0.460 e. The van der Waals surface area contributed by atoms with E-state index in [-0.39, 0.29) is 0 Å². The fourth-order valence-electron chi connectivity index (χ4n) is 1.08. The van der Waals surface area contributed by atoms with E-state index in [0.29, 0.717) is 0 Å². The minimum absolute atomic E-state index is 3.57. The lowest BCUT2D eigenvalue weighted by molar-refractivity contribution is -0.440. The first-order valence-corrected chi connectivity index (χ1v) is 4.79. The summed E-state index contributed by atoms with van der Waals surface area (Å²) in [5.41, 5.74) is 0. The molecule has 0 N–H and O–H groups in total. The summed E-state index contributed by atoms with van der Waals surface area (Å²) in [6, 6.07) is 0. The maximum absolute atomic E-state index is 12.7. The lowest BCUT2D eigenvalue weighted by Gasteiger charge is -2.39. The van der Waals surface area contributed by atoms with Crippen LogP contribution in [0.4, 0.5) is 65.9 Å². The van der Waals surface area contributed by atoms with E-state index in [0.717, 1.165) is 0 Å². The van der Waals surface area contributed by atoms with E-state index < -0.39 is 48.6 Å². The lowest BCUT2D eigenvalue weighted by atomic mass is 9.93. The molecule has 0 fully saturated rings. The summed E-state index contributed by atoms with van der Waals surface area (Å²) in [7, 11) is 0. The second-order valence-electron chi connectivity index (χ2n) is 4.02. The third-order valence-corrected chi connectivity index (χ3v) is 2.35. The van der Waals surface area contributed by atoms with Crippen molar-refractivity contribution in [2.75, 3.05) is 0 Å². The molecule has 0 aromatic carbocycles. The zero-order valence-electron chi connectivity index (χ0n) is 9.88. The molecular weight excluding hydrogens is 381 g/mol. The van der Waals surface area contributed by atoms with Crippen LogP contribution in [0, 0.1) is 6.43 Å². The highest BCUT2D eigenvalue weighted by atomic mass is 19.4. The van der Waals surface area contributed by atoms with Crippen LogP contribution in [0.2, 0.25) is 0 Å². The third-order valence-electron chi connectivity index (χ3n) is 2.35. The van der Waals surface area contributed by atoms with Crippen molar-refractivity contribution in [1.29, 1.82) is 0 Å². The van der Waals surface area contributed by atoms with E-state index in [1.165, 1.54) is 0 Å². The quantitative estimate of drug-likeness (QED) is 0.528. The Morgan fingerprint density at radius 2 is 0.783 bits per heavy atom. The topological polar surface area (TPSA) is 0 Å². The molecule has 0 bridgehead atoms. The van der Waals surface area contributed by atoms with Crippen LogP contribution in [0.5, 0.6) is 0 Å². The first kappa shape index (κ1) is 21.9. The van der Waals surface area contributed by atoms with Crippen LogP contribution in [0.25, 0.3) is 0 Å². The Kier molecular flexibility index (Phi) is 5.25. The molecule has 0 amide bonds. The molecule has 0 saturated carbocycles. The van der Waals surface area contributed by atoms with Gasteiger partial charge in [-0.15, -0.1) is 0 Å². The van der Waals surface area contributed by atoms with E-state index >= 15 is 0 Å². The van der Waals surface area contributed by atoms with Gasteiger partial charge in [-0.25, -0.2) is 0 Å². The molecule has 15 heteroatoms. The Morgan fingerprint density at radius 1 is 0.478 bits per heavy atom. The molecule has 139 valence electrons. The van der Waals surface area contributed by atoms with Gasteiger partial charge in [0.1, 0.15) is 0 Å². The molecule has 0 heterocycles. The fourth-order valence-corrected chi connectivity index (χ4v) is 1.08. The number of hydrogen-bond acceptors (Lipinski definition) is 0. The summed E-state index contributed by atoms with van der Waals surface area (Å²) in [4.78, 5) is 0. The molecule has 0 spiro atoms. The van der Waals surface area contributed by atoms with Gasteiger partial charge < -0.3 is 0 Å². The Hall–Kier alpha value is -1.05. The predicted molar refractivity (Wildman–Crippen MR) is 40.9 cm³/mol. The summed E-state index contributed by atoms with van der Waals surface area (Å²) < 4.78 is 184. The van der Waals surface area contributed by atoms with Gasteiger partial charge in [0.2, 0.25) is 0 Å². The maximum Gasteiger partial charge on any atom is 0.460 e. The SMILES string of the molecule is F[C](F)CC(F)(F)C(F)(F)C(F)(F)C(F)(F)C(F)(F)C(F)(F)F. The monoisotopic (exact) mass is 383 g/mol. The molecule has 23 heavy (non-hydrogen) atoms. The molecule has 0 nitrogen and oxygen atoms in total. The van der Waals surface area contributed by atoms with E-state index in [2.05, 4.69) is 0 Å². The molecule has 0 aliphatic heterocycles. The summed E-state index contributed by atoms with van der Waals surface area (Å²) in [5, 5.41) is 0. The van der Waals surface area contributed by atoms with Gasteiger partial charge in [-0.05, 0) is 0 Å². The van der Waals surface area contributed by atoms with E-state index in [1.807, 2.05) is 0 Å². The van der Waals surface area contributed by atoms with Crippen molar-refractivity contribution in [1.82, 2.24) is 0 Å². The van der Waals surface area contributed by atoms with Crippen LogP contribution in [0.3, 0.4) is 0 Å². The third kappa shape index (κ3) is 3.14.